The number of carboxylic acids is 1. The Morgan fingerprint density at radius 1 is 0.460 bits per heavy atom. The van der Waals surface area contributed by atoms with E-state index in [9.17, 15) is 9.59 Å². The monoisotopic (exact) mass is 885 g/mol. The normalized spacial score (nSPS) is 12.9. The Balaban J connectivity index is 3.43. The quantitative estimate of drug-likeness (QED) is 0.0319. The number of nitrogens with one attached hydrogen (secondary N) is 1. The zero-order valence-electron chi connectivity index (χ0n) is 42.2. The molecule has 0 aromatic rings. The summed E-state index contributed by atoms with van der Waals surface area (Å²) in [5, 5.41) is 12.5. The highest BCUT2D eigenvalue weighted by Crippen LogP contribution is 2.15. The maximum Gasteiger partial charge on any atom is 0.305 e. The van der Waals surface area contributed by atoms with Crippen molar-refractivity contribution < 1.29 is 19.4 Å². The molecule has 0 aliphatic carbocycles. The van der Waals surface area contributed by atoms with E-state index in [4.69, 9.17) is 15.6 Å². The maximum absolute atomic E-state index is 12.1. The highest BCUT2D eigenvalue weighted by atomic mass is 16.5. The first-order chi connectivity index (χ1) is 31.0. The molecule has 0 fully saturated rings. The van der Waals surface area contributed by atoms with Crippen LogP contribution in [0.15, 0.2) is 36.5 Å². The summed E-state index contributed by atoms with van der Waals surface area (Å²) in [7, 11) is 0. The van der Waals surface area contributed by atoms with Crippen molar-refractivity contribution in [3.8, 4) is 0 Å². The lowest BCUT2D eigenvalue weighted by molar-refractivity contribution is -0.144. The fraction of sp³-hybridized carbons (Fsp3) is 0.860. The molecule has 370 valence electrons. The molecule has 0 heterocycles. The molecule has 6 heteroatoms. The van der Waals surface area contributed by atoms with E-state index in [-0.39, 0.29) is 12.0 Å². The lowest BCUT2D eigenvalue weighted by Crippen LogP contribution is -2.43. The fourth-order valence-electron chi connectivity index (χ4n) is 8.48. The molecule has 0 radical (unpaired) electrons. The molecule has 0 rings (SSSR count). The Labute approximate surface area is 392 Å². The summed E-state index contributed by atoms with van der Waals surface area (Å²) in [5.74, 6) is -0.669. The van der Waals surface area contributed by atoms with Gasteiger partial charge in [-0.25, -0.2) is 0 Å². The predicted molar refractivity (Wildman–Crippen MR) is 276 cm³/mol. The number of hydrogen-bond acceptors (Lipinski definition) is 5. The topological polar surface area (TPSA) is 102 Å². The molecular weight excluding hydrogens is 777 g/mol. The van der Waals surface area contributed by atoms with Gasteiger partial charge in [-0.15, -0.1) is 0 Å². The summed E-state index contributed by atoms with van der Waals surface area (Å²) in [6, 6.07) is 0.663. The van der Waals surface area contributed by atoms with Crippen molar-refractivity contribution in [1.82, 2.24) is 5.32 Å². The minimum Gasteiger partial charge on any atom is -0.481 e. The van der Waals surface area contributed by atoms with Gasteiger partial charge < -0.3 is 20.9 Å². The molecule has 0 aliphatic heterocycles. The molecule has 0 saturated carbocycles. The Kier molecular flexibility index (Phi) is 51.1. The number of allylic oxidation sites excluding steroid dienone is 6. The number of carbonyl (C=O) groups excluding carboxylic acids is 1. The second-order valence-corrected chi connectivity index (χ2v) is 19.1. The van der Waals surface area contributed by atoms with Crippen molar-refractivity contribution in [2.75, 3.05) is 13.2 Å². The van der Waals surface area contributed by atoms with Crippen LogP contribution < -0.4 is 11.1 Å². The summed E-state index contributed by atoms with van der Waals surface area (Å²) in [5.41, 5.74) is 6.33. The van der Waals surface area contributed by atoms with Gasteiger partial charge in [-0.1, -0.05) is 197 Å². The molecule has 63 heavy (non-hydrogen) atoms. The second kappa shape index (κ2) is 52.7. The summed E-state index contributed by atoms with van der Waals surface area (Å²) in [4.78, 5) is 22.6. The van der Waals surface area contributed by atoms with Crippen molar-refractivity contribution in [2.24, 2.45) is 5.73 Å². The average Bonchev–Trinajstić information content (AvgIpc) is 3.27. The maximum atomic E-state index is 12.1. The molecule has 0 saturated heterocycles. The number of carbonyl (C=O) groups is 2. The smallest absolute Gasteiger partial charge is 0.305 e. The number of hydrogen-bond donors (Lipinski definition) is 3. The van der Waals surface area contributed by atoms with Gasteiger partial charge in [0, 0.05) is 24.9 Å². The van der Waals surface area contributed by atoms with Crippen molar-refractivity contribution in [1.29, 1.82) is 0 Å². The summed E-state index contributed by atoms with van der Waals surface area (Å²) < 4.78 is 5.48. The number of esters is 1. The molecule has 0 spiro atoms. The number of nitrogens with two attached hydrogens (primary N) is 1. The van der Waals surface area contributed by atoms with E-state index in [2.05, 4.69) is 55.6 Å². The number of aliphatic carboxylic acids is 1. The standard InChI is InChI=1S/C57H108N2O4/c1-3-4-5-6-7-8-9-10-11-18-23-28-33-38-43-48-53-63-57(62)51-46-41-36-31-26-21-16-13-17-22-27-32-37-42-47-52-59-55(54(2)58)49-44-39-34-29-24-19-14-12-15-20-25-30-35-40-45-50-56(60)61/h10-13,15-16,54-55,59H,3-9,14,17-53,58H2,1-2H3,(H,60,61)/b11-10-,15-12-,16-13-. The number of unbranched alkanes of at least 4 members (excludes halogenated alkanes) is 34. The van der Waals surface area contributed by atoms with Gasteiger partial charge in [0.1, 0.15) is 0 Å². The molecule has 0 bridgehead atoms. The minimum atomic E-state index is -0.671. The molecule has 6 nitrogen and oxygen atoms in total. The lowest BCUT2D eigenvalue weighted by Gasteiger charge is -2.22. The van der Waals surface area contributed by atoms with Crippen molar-refractivity contribution in [3.05, 3.63) is 36.5 Å². The molecule has 0 amide bonds. The van der Waals surface area contributed by atoms with Gasteiger partial charge in [0.05, 0.1) is 6.61 Å². The number of ether oxygens (including phenoxy) is 1. The van der Waals surface area contributed by atoms with Crippen molar-refractivity contribution in [2.45, 2.75) is 302 Å². The summed E-state index contributed by atoms with van der Waals surface area (Å²) >= 11 is 0. The van der Waals surface area contributed by atoms with Crippen LogP contribution in [0.5, 0.6) is 0 Å². The average molecular weight is 886 g/mol. The highest BCUT2D eigenvalue weighted by Gasteiger charge is 2.12. The first-order valence-corrected chi connectivity index (χ1v) is 27.8. The van der Waals surface area contributed by atoms with Crippen LogP contribution in [0.1, 0.15) is 290 Å². The molecule has 0 aromatic heterocycles. The number of rotatable bonds is 52. The van der Waals surface area contributed by atoms with Crippen LogP contribution in [0, 0.1) is 0 Å². The third-order valence-corrected chi connectivity index (χ3v) is 12.7. The lowest BCUT2D eigenvalue weighted by atomic mass is 10.0. The first kappa shape index (κ1) is 61.1. The van der Waals surface area contributed by atoms with Crippen LogP contribution in [-0.4, -0.2) is 42.3 Å². The number of carboxylic acid groups (broad SMARTS) is 1. The van der Waals surface area contributed by atoms with Crippen molar-refractivity contribution >= 4 is 11.9 Å². The zero-order chi connectivity index (χ0) is 45.8. The molecule has 0 aliphatic rings. The molecule has 0 aromatic carbocycles. The van der Waals surface area contributed by atoms with Gasteiger partial charge in [-0.05, 0) is 123 Å². The van der Waals surface area contributed by atoms with Crippen LogP contribution in [0.4, 0.5) is 0 Å². The third-order valence-electron chi connectivity index (χ3n) is 12.7. The van der Waals surface area contributed by atoms with Crippen LogP contribution in [0.3, 0.4) is 0 Å². The van der Waals surface area contributed by atoms with E-state index in [1.54, 1.807) is 0 Å². The zero-order valence-corrected chi connectivity index (χ0v) is 42.2. The predicted octanol–water partition coefficient (Wildman–Crippen LogP) is 17.4. The van der Waals surface area contributed by atoms with Gasteiger partial charge in [-0.3, -0.25) is 9.59 Å². The third kappa shape index (κ3) is 52.6. The molecule has 4 N–H and O–H groups in total. The van der Waals surface area contributed by atoms with E-state index in [0.717, 1.165) is 51.5 Å². The van der Waals surface area contributed by atoms with Crippen LogP contribution in [0.25, 0.3) is 0 Å². The summed E-state index contributed by atoms with van der Waals surface area (Å²) in [6.45, 7) is 6.14. The van der Waals surface area contributed by atoms with Crippen LogP contribution >= 0.6 is 0 Å². The van der Waals surface area contributed by atoms with Gasteiger partial charge in [0.2, 0.25) is 0 Å². The van der Waals surface area contributed by atoms with E-state index in [0.29, 0.717) is 25.5 Å². The van der Waals surface area contributed by atoms with E-state index in [1.807, 2.05) is 0 Å². The molecular formula is C57H108N2O4. The molecule has 2 atom stereocenters. The Morgan fingerprint density at radius 3 is 1.19 bits per heavy atom. The summed E-state index contributed by atoms with van der Waals surface area (Å²) in [6.07, 6.45) is 66.5. The van der Waals surface area contributed by atoms with E-state index in [1.165, 1.54) is 218 Å². The Morgan fingerprint density at radius 2 is 0.794 bits per heavy atom. The SMILES string of the molecule is CCCCCCCC/C=C\CCCCCCCCOC(=O)CCCCCCC/C=C\CCCCCCCCNC(CCCCCCCC/C=C\CCCCCCCC(=O)O)C(C)N. The Bertz CT molecular complexity index is 1020. The van der Waals surface area contributed by atoms with Gasteiger partial charge in [0.25, 0.3) is 0 Å². The van der Waals surface area contributed by atoms with Gasteiger partial charge in [-0.2, -0.15) is 0 Å². The van der Waals surface area contributed by atoms with Crippen LogP contribution in [-0.2, 0) is 14.3 Å². The highest BCUT2D eigenvalue weighted by molar-refractivity contribution is 5.69. The fourth-order valence-corrected chi connectivity index (χ4v) is 8.48. The van der Waals surface area contributed by atoms with E-state index >= 15 is 0 Å². The second-order valence-electron chi connectivity index (χ2n) is 19.1. The molecule has 2 unspecified atom stereocenters. The minimum absolute atomic E-state index is 0.00110. The van der Waals surface area contributed by atoms with Gasteiger partial charge in [0.15, 0.2) is 0 Å². The first-order valence-electron chi connectivity index (χ1n) is 27.8. The van der Waals surface area contributed by atoms with Gasteiger partial charge >= 0.3 is 11.9 Å². The van der Waals surface area contributed by atoms with Crippen molar-refractivity contribution in [3.63, 3.8) is 0 Å². The Hall–Kier alpha value is -1.92. The van der Waals surface area contributed by atoms with Crippen LogP contribution in [0.2, 0.25) is 0 Å². The largest absolute Gasteiger partial charge is 0.481 e. The van der Waals surface area contributed by atoms with E-state index < -0.39 is 5.97 Å².